The second-order valence-corrected chi connectivity index (χ2v) is 4.35. The maximum absolute atomic E-state index is 4.56. The van der Waals surface area contributed by atoms with Gasteiger partial charge in [-0.25, -0.2) is 9.67 Å². The number of aliphatic imine (C=N–C) groups is 1. The van der Waals surface area contributed by atoms with Gasteiger partial charge in [0.05, 0.1) is 12.2 Å². The van der Waals surface area contributed by atoms with Crippen LogP contribution in [0.5, 0.6) is 0 Å². The van der Waals surface area contributed by atoms with Gasteiger partial charge in [-0.05, 0) is 37.6 Å². The molecule has 106 valence electrons. The van der Waals surface area contributed by atoms with E-state index in [1.54, 1.807) is 6.20 Å². The van der Waals surface area contributed by atoms with E-state index in [1.807, 2.05) is 29.1 Å². The first-order valence-electron chi connectivity index (χ1n) is 6.94. The molecule has 0 spiro atoms. The van der Waals surface area contributed by atoms with Crippen LogP contribution >= 0.6 is 0 Å². The van der Waals surface area contributed by atoms with Gasteiger partial charge in [-0.15, -0.1) is 0 Å². The molecule has 0 atom stereocenters. The fourth-order valence-electron chi connectivity index (χ4n) is 1.90. The van der Waals surface area contributed by atoms with E-state index >= 15 is 0 Å². The van der Waals surface area contributed by atoms with Gasteiger partial charge in [-0.1, -0.05) is 12.1 Å². The summed E-state index contributed by atoms with van der Waals surface area (Å²) in [4.78, 5) is 4.56. The molecular weight excluding hydrogens is 250 g/mol. The van der Waals surface area contributed by atoms with Crippen LogP contribution in [0.25, 0.3) is 5.69 Å². The van der Waals surface area contributed by atoms with Crippen LogP contribution in [-0.4, -0.2) is 28.8 Å². The Kier molecular flexibility index (Phi) is 5.17. The Bertz CT molecular complexity index is 537. The lowest BCUT2D eigenvalue weighted by Gasteiger charge is -2.09. The summed E-state index contributed by atoms with van der Waals surface area (Å²) in [6.07, 6.45) is 3.71. The first-order chi connectivity index (χ1) is 9.83. The maximum Gasteiger partial charge on any atom is 0.191 e. The summed E-state index contributed by atoms with van der Waals surface area (Å²) in [7, 11) is 0. The van der Waals surface area contributed by atoms with Crippen molar-refractivity contribution >= 4 is 5.96 Å². The lowest BCUT2D eigenvalue weighted by molar-refractivity contribution is 0.837. The molecule has 1 aromatic carbocycles. The Morgan fingerprint density at radius 3 is 2.65 bits per heavy atom. The molecule has 0 amide bonds. The molecule has 0 unspecified atom stereocenters. The lowest BCUT2D eigenvalue weighted by atomic mass is 10.2. The van der Waals surface area contributed by atoms with Crippen molar-refractivity contribution in [1.29, 1.82) is 0 Å². The summed E-state index contributed by atoms with van der Waals surface area (Å²) in [5, 5.41) is 10.7. The zero-order valence-electron chi connectivity index (χ0n) is 12.0. The zero-order valence-corrected chi connectivity index (χ0v) is 12.0. The number of guanidine groups is 1. The largest absolute Gasteiger partial charge is 0.357 e. The molecule has 0 aliphatic carbocycles. The Hall–Kier alpha value is -2.30. The van der Waals surface area contributed by atoms with E-state index in [4.69, 9.17) is 0 Å². The van der Waals surface area contributed by atoms with Crippen LogP contribution in [0.1, 0.15) is 19.4 Å². The topological polar surface area (TPSA) is 54.2 Å². The average Bonchev–Trinajstić information content (AvgIpc) is 3.00. The molecule has 0 radical (unpaired) electrons. The van der Waals surface area contributed by atoms with Gasteiger partial charge in [0.1, 0.15) is 0 Å². The molecule has 0 bridgehead atoms. The van der Waals surface area contributed by atoms with Crippen molar-refractivity contribution in [3.8, 4) is 5.69 Å². The molecule has 5 nitrogen and oxygen atoms in total. The Morgan fingerprint density at radius 1 is 1.20 bits per heavy atom. The number of hydrogen-bond acceptors (Lipinski definition) is 2. The van der Waals surface area contributed by atoms with E-state index < -0.39 is 0 Å². The summed E-state index contributed by atoms with van der Waals surface area (Å²) in [5.41, 5.74) is 2.21. The van der Waals surface area contributed by atoms with E-state index in [-0.39, 0.29) is 0 Å². The second kappa shape index (κ2) is 7.33. The number of hydrogen-bond donors (Lipinski definition) is 2. The Balaban J connectivity index is 2.09. The van der Waals surface area contributed by atoms with Crippen LogP contribution in [0.4, 0.5) is 0 Å². The first kappa shape index (κ1) is 14.1. The Labute approximate surface area is 119 Å². The van der Waals surface area contributed by atoms with Crippen molar-refractivity contribution in [2.24, 2.45) is 4.99 Å². The quantitative estimate of drug-likeness (QED) is 0.645. The second-order valence-electron chi connectivity index (χ2n) is 4.35. The normalized spacial score (nSPS) is 10.1. The molecule has 0 aliphatic heterocycles. The third-order valence-corrected chi connectivity index (χ3v) is 2.79. The van der Waals surface area contributed by atoms with Gasteiger partial charge < -0.3 is 10.6 Å². The predicted molar refractivity (Wildman–Crippen MR) is 82.1 cm³/mol. The van der Waals surface area contributed by atoms with Crippen LogP contribution in [0.3, 0.4) is 0 Å². The standard InChI is InChI=1S/C15H21N5/c1-3-16-15(17-4-2)18-12-13-7-5-8-14(11-13)20-10-6-9-19-20/h5-11H,3-4,12H2,1-2H3,(H2,16,17,18). The summed E-state index contributed by atoms with van der Waals surface area (Å²) in [6.45, 7) is 6.49. The van der Waals surface area contributed by atoms with Crippen LogP contribution in [0.15, 0.2) is 47.7 Å². The minimum Gasteiger partial charge on any atom is -0.357 e. The van der Waals surface area contributed by atoms with E-state index in [1.165, 1.54) is 0 Å². The smallest absolute Gasteiger partial charge is 0.191 e. The minimum absolute atomic E-state index is 0.643. The number of nitrogens with one attached hydrogen (secondary N) is 2. The van der Waals surface area contributed by atoms with Gasteiger partial charge in [0.25, 0.3) is 0 Å². The number of benzene rings is 1. The maximum atomic E-state index is 4.56. The van der Waals surface area contributed by atoms with Gasteiger partial charge in [-0.2, -0.15) is 5.10 Å². The molecule has 2 rings (SSSR count). The van der Waals surface area contributed by atoms with E-state index in [9.17, 15) is 0 Å². The Morgan fingerprint density at radius 2 is 2.00 bits per heavy atom. The lowest BCUT2D eigenvalue weighted by Crippen LogP contribution is -2.36. The van der Waals surface area contributed by atoms with Gasteiger partial charge >= 0.3 is 0 Å². The minimum atomic E-state index is 0.643. The van der Waals surface area contributed by atoms with Crippen molar-refractivity contribution in [2.45, 2.75) is 20.4 Å². The van der Waals surface area contributed by atoms with Crippen molar-refractivity contribution < 1.29 is 0 Å². The third-order valence-electron chi connectivity index (χ3n) is 2.79. The van der Waals surface area contributed by atoms with Crippen LogP contribution < -0.4 is 10.6 Å². The van der Waals surface area contributed by atoms with Crippen molar-refractivity contribution in [2.75, 3.05) is 13.1 Å². The molecule has 5 heteroatoms. The highest BCUT2D eigenvalue weighted by molar-refractivity contribution is 5.79. The molecule has 20 heavy (non-hydrogen) atoms. The van der Waals surface area contributed by atoms with Gasteiger partial charge in [0.15, 0.2) is 5.96 Å². The summed E-state index contributed by atoms with van der Waals surface area (Å²) in [5.74, 6) is 0.847. The highest BCUT2D eigenvalue weighted by Gasteiger charge is 1.99. The highest BCUT2D eigenvalue weighted by atomic mass is 15.3. The highest BCUT2D eigenvalue weighted by Crippen LogP contribution is 2.10. The fourth-order valence-corrected chi connectivity index (χ4v) is 1.90. The molecule has 2 N–H and O–H groups in total. The summed E-state index contributed by atoms with van der Waals surface area (Å²) >= 11 is 0. The van der Waals surface area contributed by atoms with Gasteiger partial charge in [0, 0.05) is 25.5 Å². The summed E-state index contributed by atoms with van der Waals surface area (Å²) < 4.78 is 1.85. The molecule has 1 aromatic heterocycles. The molecule has 0 aliphatic rings. The fraction of sp³-hybridized carbons (Fsp3) is 0.333. The van der Waals surface area contributed by atoms with Crippen LogP contribution in [0, 0.1) is 0 Å². The summed E-state index contributed by atoms with van der Waals surface area (Å²) in [6, 6.07) is 10.2. The number of aromatic nitrogens is 2. The predicted octanol–water partition coefficient (Wildman–Crippen LogP) is 1.95. The number of rotatable bonds is 5. The molecule has 2 aromatic rings. The van der Waals surface area contributed by atoms with E-state index in [0.717, 1.165) is 30.3 Å². The van der Waals surface area contributed by atoms with Crippen molar-refractivity contribution in [3.05, 3.63) is 48.3 Å². The molecular formula is C15H21N5. The SMILES string of the molecule is CCNC(=NCc1cccc(-n2cccn2)c1)NCC. The molecule has 0 saturated heterocycles. The van der Waals surface area contributed by atoms with Crippen LogP contribution in [0.2, 0.25) is 0 Å². The average molecular weight is 271 g/mol. The third kappa shape index (κ3) is 3.85. The molecule has 1 heterocycles. The molecule has 0 fully saturated rings. The van der Waals surface area contributed by atoms with Crippen molar-refractivity contribution in [3.63, 3.8) is 0 Å². The molecule has 0 saturated carbocycles. The van der Waals surface area contributed by atoms with Crippen LogP contribution in [-0.2, 0) is 6.54 Å². The van der Waals surface area contributed by atoms with E-state index in [0.29, 0.717) is 6.54 Å². The first-order valence-corrected chi connectivity index (χ1v) is 6.94. The number of nitrogens with zero attached hydrogens (tertiary/aromatic N) is 3. The van der Waals surface area contributed by atoms with Gasteiger partial charge in [0.2, 0.25) is 0 Å². The van der Waals surface area contributed by atoms with Gasteiger partial charge in [-0.3, -0.25) is 0 Å². The monoisotopic (exact) mass is 271 g/mol. The van der Waals surface area contributed by atoms with E-state index in [2.05, 4.69) is 46.7 Å². The zero-order chi connectivity index (χ0) is 14.2. The van der Waals surface area contributed by atoms with Crippen molar-refractivity contribution in [1.82, 2.24) is 20.4 Å².